The van der Waals surface area contributed by atoms with Crippen LogP contribution in [0, 0.1) is 5.82 Å². The number of halogens is 2. The molecule has 0 unspecified atom stereocenters. The third-order valence-electron chi connectivity index (χ3n) is 3.22. The molecule has 17 heavy (non-hydrogen) atoms. The van der Waals surface area contributed by atoms with E-state index >= 15 is 0 Å². The maximum Gasteiger partial charge on any atom is 0.153 e. The van der Waals surface area contributed by atoms with Crippen LogP contribution in [0.4, 0.5) is 4.39 Å². The van der Waals surface area contributed by atoms with E-state index in [0.29, 0.717) is 11.0 Å². The van der Waals surface area contributed by atoms with Crippen molar-refractivity contribution in [3.05, 3.63) is 23.5 Å². The number of rotatable bonds is 1. The van der Waals surface area contributed by atoms with Gasteiger partial charge in [-0.3, -0.25) is 0 Å². The summed E-state index contributed by atoms with van der Waals surface area (Å²) in [6, 6.07) is 0.286. The monoisotopic (exact) mass is 254 g/mol. The summed E-state index contributed by atoms with van der Waals surface area (Å²) < 4.78 is 15.7. The number of hydrogen-bond donors (Lipinski definition) is 1. The van der Waals surface area contributed by atoms with Crippen molar-refractivity contribution in [2.45, 2.75) is 18.9 Å². The van der Waals surface area contributed by atoms with Gasteiger partial charge < -0.3 is 9.88 Å². The van der Waals surface area contributed by atoms with E-state index in [1.807, 2.05) is 4.57 Å². The van der Waals surface area contributed by atoms with Crippen LogP contribution in [0.3, 0.4) is 0 Å². The molecule has 1 saturated heterocycles. The highest BCUT2D eigenvalue weighted by Crippen LogP contribution is 2.29. The average Bonchev–Trinajstić information content (AvgIpc) is 2.69. The highest BCUT2D eigenvalue weighted by atomic mass is 35.5. The molecule has 0 spiro atoms. The Hall–Kier alpha value is -1.20. The largest absolute Gasteiger partial charge is 0.326 e. The zero-order valence-electron chi connectivity index (χ0n) is 9.16. The molecule has 4 nitrogen and oxygen atoms in total. The summed E-state index contributed by atoms with van der Waals surface area (Å²) in [5.74, 6) is -0.343. The van der Waals surface area contributed by atoms with E-state index in [-0.39, 0.29) is 17.0 Å². The molecule has 0 amide bonds. The Balaban J connectivity index is 2.13. The summed E-state index contributed by atoms with van der Waals surface area (Å²) in [4.78, 5) is 7.96. The number of nitrogens with one attached hydrogen (secondary N) is 1. The van der Waals surface area contributed by atoms with Crippen molar-refractivity contribution in [2.75, 3.05) is 13.1 Å². The Bertz CT molecular complexity index is 548. The van der Waals surface area contributed by atoms with Gasteiger partial charge in [0.2, 0.25) is 0 Å². The summed E-state index contributed by atoms with van der Waals surface area (Å²) in [5, 5.41) is 3.79. The van der Waals surface area contributed by atoms with Gasteiger partial charge in [-0.15, -0.1) is 0 Å². The molecule has 0 aliphatic carbocycles. The second-order valence-electron chi connectivity index (χ2n) is 4.23. The van der Waals surface area contributed by atoms with Crippen molar-refractivity contribution >= 4 is 22.6 Å². The predicted molar refractivity (Wildman–Crippen MR) is 63.6 cm³/mol. The van der Waals surface area contributed by atoms with Crippen LogP contribution in [0.15, 0.2) is 12.5 Å². The zero-order chi connectivity index (χ0) is 11.8. The molecule has 0 atom stereocenters. The Morgan fingerprint density at radius 3 is 2.88 bits per heavy atom. The van der Waals surface area contributed by atoms with E-state index < -0.39 is 0 Å². The molecule has 0 aromatic carbocycles. The minimum absolute atomic E-state index is 0.181. The lowest BCUT2D eigenvalue weighted by molar-refractivity contribution is 0.372. The highest BCUT2D eigenvalue weighted by molar-refractivity contribution is 6.33. The fraction of sp³-hybridized carbons (Fsp3) is 0.455. The lowest BCUT2D eigenvalue weighted by Gasteiger charge is -2.24. The van der Waals surface area contributed by atoms with Crippen LogP contribution in [-0.4, -0.2) is 27.6 Å². The maximum absolute atomic E-state index is 13.8. The number of fused-ring (bicyclic) bond motifs is 1. The smallest absolute Gasteiger partial charge is 0.153 e. The third-order valence-corrected chi connectivity index (χ3v) is 3.51. The first kappa shape index (κ1) is 10.9. The van der Waals surface area contributed by atoms with Gasteiger partial charge in [0.15, 0.2) is 5.82 Å². The Morgan fingerprint density at radius 1 is 1.35 bits per heavy atom. The standard InChI is InChI=1S/C11H12ClFN4/c12-10-9-8(13)5-17(11(9)16-6-15-10)7-1-3-14-4-2-7/h5-7,14H,1-4H2. The van der Waals surface area contributed by atoms with Crippen LogP contribution in [0.5, 0.6) is 0 Å². The van der Waals surface area contributed by atoms with Gasteiger partial charge in [0.25, 0.3) is 0 Å². The number of aromatic nitrogens is 3. The van der Waals surface area contributed by atoms with Gasteiger partial charge in [0.1, 0.15) is 17.1 Å². The molecule has 1 aliphatic rings. The third kappa shape index (κ3) is 1.79. The van der Waals surface area contributed by atoms with Crippen LogP contribution in [0.2, 0.25) is 5.15 Å². The van der Waals surface area contributed by atoms with E-state index in [1.165, 1.54) is 12.5 Å². The topological polar surface area (TPSA) is 42.7 Å². The quantitative estimate of drug-likeness (QED) is 0.793. The minimum atomic E-state index is -0.343. The first-order chi connectivity index (χ1) is 8.27. The lowest BCUT2D eigenvalue weighted by Crippen LogP contribution is -2.29. The first-order valence-electron chi connectivity index (χ1n) is 5.64. The normalized spacial score (nSPS) is 17.8. The molecule has 90 valence electrons. The summed E-state index contributed by atoms with van der Waals surface area (Å²) in [6.07, 6.45) is 4.82. The van der Waals surface area contributed by atoms with Crippen molar-refractivity contribution in [1.29, 1.82) is 0 Å². The maximum atomic E-state index is 13.8. The van der Waals surface area contributed by atoms with Crippen LogP contribution in [0.25, 0.3) is 11.0 Å². The van der Waals surface area contributed by atoms with Crippen molar-refractivity contribution < 1.29 is 4.39 Å². The molecule has 0 bridgehead atoms. The van der Waals surface area contributed by atoms with Crippen LogP contribution < -0.4 is 5.32 Å². The first-order valence-corrected chi connectivity index (χ1v) is 6.02. The number of hydrogen-bond acceptors (Lipinski definition) is 3. The Kier molecular flexibility index (Phi) is 2.72. The van der Waals surface area contributed by atoms with Crippen molar-refractivity contribution in [1.82, 2.24) is 19.9 Å². The van der Waals surface area contributed by atoms with E-state index in [2.05, 4.69) is 15.3 Å². The van der Waals surface area contributed by atoms with Gasteiger partial charge in [-0.05, 0) is 25.9 Å². The highest BCUT2D eigenvalue weighted by Gasteiger charge is 2.21. The molecular weight excluding hydrogens is 243 g/mol. The van der Waals surface area contributed by atoms with Crippen molar-refractivity contribution in [3.8, 4) is 0 Å². The second-order valence-corrected chi connectivity index (χ2v) is 4.59. The van der Waals surface area contributed by atoms with Gasteiger partial charge in [0, 0.05) is 12.2 Å². The molecule has 1 N–H and O–H groups in total. The number of piperidine rings is 1. The minimum Gasteiger partial charge on any atom is -0.326 e. The molecule has 1 fully saturated rings. The van der Waals surface area contributed by atoms with Crippen molar-refractivity contribution in [2.24, 2.45) is 0 Å². The van der Waals surface area contributed by atoms with Crippen LogP contribution in [-0.2, 0) is 0 Å². The van der Waals surface area contributed by atoms with E-state index in [9.17, 15) is 4.39 Å². The molecule has 0 radical (unpaired) electrons. The molecule has 0 saturated carbocycles. The van der Waals surface area contributed by atoms with Gasteiger partial charge in [-0.25, -0.2) is 14.4 Å². The van der Waals surface area contributed by atoms with E-state index in [1.54, 1.807) is 0 Å². The second kappa shape index (κ2) is 4.23. The molecule has 2 aromatic heterocycles. The molecule has 1 aliphatic heterocycles. The van der Waals surface area contributed by atoms with Crippen molar-refractivity contribution in [3.63, 3.8) is 0 Å². The molecular formula is C11H12ClFN4. The van der Waals surface area contributed by atoms with Gasteiger partial charge in [0.05, 0.1) is 5.39 Å². The van der Waals surface area contributed by atoms with Gasteiger partial charge in [-0.1, -0.05) is 11.6 Å². The number of nitrogens with zero attached hydrogens (tertiary/aromatic N) is 3. The SMILES string of the molecule is Fc1cn(C2CCNCC2)c2ncnc(Cl)c12. The Morgan fingerprint density at radius 2 is 2.12 bits per heavy atom. The van der Waals surface area contributed by atoms with Crippen LogP contribution >= 0.6 is 11.6 Å². The summed E-state index contributed by atoms with van der Waals surface area (Å²) in [7, 11) is 0. The lowest BCUT2D eigenvalue weighted by atomic mass is 10.1. The van der Waals surface area contributed by atoms with Gasteiger partial charge in [-0.2, -0.15) is 0 Å². The van der Waals surface area contributed by atoms with E-state index in [4.69, 9.17) is 11.6 Å². The van der Waals surface area contributed by atoms with Crippen LogP contribution in [0.1, 0.15) is 18.9 Å². The Labute approximate surface area is 103 Å². The summed E-state index contributed by atoms with van der Waals surface area (Å²) >= 11 is 5.90. The fourth-order valence-electron chi connectivity index (χ4n) is 2.37. The fourth-order valence-corrected chi connectivity index (χ4v) is 2.59. The van der Waals surface area contributed by atoms with E-state index in [0.717, 1.165) is 25.9 Å². The molecule has 6 heteroatoms. The predicted octanol–water partition coefficient (Wildman–Crippen LogP) is 2.15. The summed E-state index contributed by atoms with van der Waals surface area (Å²) in [5.41, 5.74) is 0.592. The molecule has 3 rings (SSSR count). The molecule has 3 heterocycles. The molecule has 2 aromatic rings. The average molecular weight is 255 g/mol. The summed E-state index contributed by atoms with van der Waals surface area (Å²) in [6.45, 7) is 1.90. The zero-order valence-corrected chi connectivity index (χ0v) is 9.91. The van der Waals surface area contributed by atoms with Gasteiger partial charge >= 0.3 is 0 Å².